The number of ether oxygens (including phenoxy) is 1. The van der Waals surface area contributed by atoms with E-state index < -0.39 is 0 Å². The third-order valence-electron chi connectivity index (χ3n) is 4.61. The lowest BCUT2D eigenvalue weighted by molar-refractivity contribution is -0.118. The predicted octanol–water partition coefficient (Wildman–Crippen LogP) is 5.04. The van der Waals surface area contributed by atoms with Gasteiger partial charge >= 0.3 is 0 Å². The van der Waals surface area contributed by atoms with Gasteiger partial charge in [-0.3, -0.25) is 4.79 Å². The van der Waals surface area contributed by atoms with E-state index in [1.165, 1.54) is 0 Å². The van der Waals surface area contributed by atoms with Gasteiger partial charge in [0.25, 0.3) is 11.8 Å². The first-order chi connectivity index (χ1) is 14.6. The largest absolute Gasteiger partial charge is 0.484 e. The number of hydrogen-bond donors (Lipinski definition) is 1. The Labute approximate surface area is 174 Å². The molecule has 4 aromatic rings. The molecule has 0 aliphatic rings. The van der Waals surface area contributed by atoms with Crippen LogP contribution >= 0.6 is 0 Å². The number of nitrogens with one attached hydrogen (secondary N) is 1. The number of aryl methyl sites for hydroxylation is 2. The topological polar surface area (TPSA) is 77.2 Å². The summed E-state index contributed by atoms with van der Waals surface area (Å²) in [6, 6.07) is 22.7. The van der Waals surface area contributed by atoms with E-state index in [1.54, 1.807) is 12.1 Å². The zero-order valence-electron chi connectivity index (χ0n) is 16.8. The highest BCUT2D eigenvalue weighted by Gasteiger charge is 2.12. The van der Waals surface area contributed by atoms with Crippen LogP contribution in [0.25, 0.3) is 22.8 Å². The van der Waals surface area contributed by atoms with Crippen molar-refractivity contribution in [1.29, 1.82) is 0 Å². The van der Waals surface area contributed by atoms with Crippen LogP contribution < -0.4 is 10.1 Å². The minimum absolute atomic E-state index is 0.0986. The molecule has 0 unspecified atom stereocenters. The van der Waals surface area contributed by atoms with Gasteiger partial charge < -0.3 is 14.6 Å². The summed E-state index contributed by atoms with van der Waals surface area (Å²) >= 11 is 0. The molecule has 0 radical (unpaired) electrons. The summed E-state index contributed by atoms with van der Waals surface area (Å²) in [6.07, 6.45) is 0. The molecule has 0 saturated heterocycles. The molecule has 1 heterocycles. The Balaban J connectivity index is 1.42. The number of amides is 1. The van der Waals surface area contributed by atoms with Crippen molar-refractivity contribution in [1.82, 2.24) is 10.1 Å². The fourth-order valence-electron chi connectivity index (χ4n) is 2.93. The molecular weight excluding hydrogens is 378 g/mol. The average Bonchev–Trinajstić information content (AvgIpc) is 3.25. The number of nitrogens with zero attached hydrogens (tertiary/aromatic N) is 2. The highest BCUT2D eigenvalue weighted by molar-refractivity contribution is 5.92. The molecule has 150 valence electrons. The summed E-state index contributed by atoms with van der Waals surface area (Å²) < 4.78 is 11.0. The lowest BCUT2D eigenvalue weighted by Gasteiger charge is -2.09. The van der Waals surface area contributed by atoms with Crippen LogP contribution in [0, 0.1) is 13.8 Å². The third-order valence-corrected chi connectivity index (χ3v) is 4.61. The fourth-order valence-corrected chi connectivity index (χ4v) is 2.93. The first-order valence-corrected chi connectivity index (χ1v) is 9.58. The van der Waals surface area contributed by atoms with Gasteiger partial charge in [-0.05, 0) is 49.7 Å². The monoisotopic (exact) mass is 399 g/mol. The van der Waals surface area contributed by atoms with E-state index in [9.17, 15) is 4.79 Å². The average molecular weight is 399 g/mol. The summed E-state index contributed by atoms with van der Waals surface area (Å²) in [5, 5.41) is 6.91. The molecule has 1 aromatic heterocycles. The highest BCUT2D eigenvalue weighted by atomic mass is 16.5. The van der Waals surface area contributed by atoms with Gasteiger partial charge in [0.05, 0.1) is 0 Å². The van der Waals surface area contributed by atoms with Crippen molar-refractivity contribution in [3.05, 3.63) is 83.9 Å². The quantitative estimate of drug-likeness (QED) is 0.492. The van der Waals surface area contributed by atoms with Gasteiger partial charge in [0.15, 0.2) is 6.61 Å². The molecule has 0 aliphatic carbocycles. The van der Waals surface area contributed by atoms with Crippen molar-refractivity contribution in [2.45, 2.75) is 13.8 Å². The summed E-state index contributed by atoms with van der Waals surface area (Å²) in [4.78, 5) is 16.7. The Morgan fingerprint density at radius 1 is 0.967 bits per heavy atom. The lowest BCUT2D eigenvalue weighted by atomic mass is 10.1. The summed E-state index contributed by atoms with van der Waals surface area (Å²) in [5.41, 5.74) is 4.54. The van der Waals surface area contributed by atoms with E-state index in [2.05, 4.69) is 15.5 Å². The zero-order chi connectivity index (χ0) is 20.9. The SMILES string of the molecule is Cc1ccc(-c2nc(-c3cccc(OCC(=O)Nc4ccccc4C)c3)no2)cc1. The maximum atomic E-state index is 12.2. The number of carbonyl (C=O) groups is 1. The first kappa shape index (κ1) is 19.4. The molecule has 0 atom stereocenters. The second-order valence-electron chi connectivity index (χ2n) is 6.97. The smallest absolute Gasteiger partial charge is 0.262 e. The second-order valence-corrected chi connectivity index (χ2v) is 6.97. The number of carbonyl (C=O) groups excluding carboxylic acids is 1. The molecule has 0 fully saturated rings. The molecule has 4 rings (SSSR count). The molecule has 6 heteroatoms. The van der Waals surface area contributed by atoms with Crippen molar-refractivity contribution in [2.75, 3.05) is 11.9 Å². The van der Waals surface area contributed by atoms with Crippen LogP contribution in [-0.4, -0.2) is 22.7 Å². The Hall–Kier alpha value is -3.93. The highest BCUT2D eigenvalue weighted by Crippen LogP contribution is 2.25. The van der Waals surface area contributed by atoms with Gasteiger partial charge in [-0.2, -0.15) is 4.98 Å². The molecular formula is C24H21N3O3. The van der Waals surface area contributed by atoms with E-state index in [0.717, 1.165) is 27.9 Å². The van der Waals surface area contributed by atoms with Gasteiger partial charge in [-0.25, -0.2) is 0 Å². The number of aromatic nitrogens is 2. The van der Waals surface area contributed by atoms with Crippen LogP contribution in [0.3, 0.4) is 0 Å². The van der Waals surface area contributed by atoms with E-state index >= 15 is 0 Å². The maximum Gasteiger partial charge on any atom is 0.262 e. The van der Waals surface area contributed by atoms with Crippen molar-refractivity contribution in [3.63, 3.8) is 0 Å². The van der Waals surface area contributed by atoms with E-state index in [4.69, 9.17) is 9.26 Å². The van der Waals surface area contributed by atoms with Gasteiger partial charge in [-0.1, -0.05) is 53.2 Å². The molecule has 1 N–H and O–H groups in total. The minimum atomic E-state index is -0.226. The van der Waals surface area contributed by atoms with Crippen molar-refractivity contribution in [3.8, 4) is 28.6 Å². The van der Waals surface area contributed by atoms with Crippen molar-refractivity contribution < 1.29 is 14.1 Å². The fraction of sp³-hybridized carbons (Fsp3) is 0.125. The zero-order valence-corrected chi connectivity index (χ0v) is 16.8. The first-order valence-electron chi connectivity index (χ1n) is 9.58. The molecule has 3 aromatic carbocycles. The standard InChI is InChI=1S/C24H21N3O3/c1-16-10-12-18(13-11-16)24-26-23(27-30-24)19-7-5-8-20(14-19)29-15-22(28)25-21-9-4-3-6-17(21)2/h3-14H,15H2,1-2H3,(H,25,28). The third kappa shape index (κ3) is 4.55. The van der Waals surface area contributed by atoms with Crippen LogP contribution in [0.15, 0.2) is 77.3 Å². The van der Waals surface area contributed by atoms with Gasteiger partial charge in [0, 0.05) is 16.8 Å². The predicted molar refractivity (Wildman–Crippen MR) is 115 cm³/mol. The summed E-state index contributed by atoms with van der Waals surface area (Å²) in [7, 11) is 0. The number of rotatable bonds is 6. The number of para-hydroxylation sites is 1. The summed E-state index contributed by atoms with van der Waals surface area (Å²) in [6.45, 7) is 3.87. The normalized spacial score (nSPS) is 10.6. The van der Waals surface area contributed by atoms with Gasteiger partial charge in [0.2, 0.25) is 5.82 Å². The van der Waals surface area contributed by atoms with Crippen molar-refractivity contribution >= 4 is 11.6 Å². The van der Waals surface area contributed by atoms with Crippen LogP contribution in [0.1, 0.15) is 11.1 Å². The number of anilines is 1. The molecule has 30 heavy (non-hydrogen) atoms. The lowest BCUT2D eigenvalue weighted by Crippen LogP contribution is -2.20. The summed E-state index contributed by atoms with van der Waals surface area (Å²) in [5.74, 6) is 1.24. The molecule has 0 bridgehead atoms. The van der Waals surface area contributed by atoms with Crippen LogP contribution in [0.5, 0.6) is 5.75 Å². The van der Waals surface area contributed by atoms with Crippen LogP contribution in [0.2, 0.25) is 0 Å². The van der Waals surface area contributed by atoms with Gasteiger partial charge in [0.1, 0.15) is 5.75 Å². The van der Waals surface area contributed by atoms with Crippen LogP contribution in [0.4, 0.5) is 5.69 Å². The number of benzene rings is 3. The Morgan fingerprint density at radius 3 is 2.57 bits per heavy atom. The van der Waals surface area contributed by atoms with Crippen LogP contribution in [-0.2, 0) is 4.79 Å². The molecule has 0 spiro atoms. The minimum Gasteiger partial charge on any atom is -0.484 e. The molecule has 0 saturated carbocycles. The van der Waals surface area contributed by atoms with E-state index in [-0.39, 0.29) is 12.5 Å². The maximum absolute atomic E-state index is 12.2. The Morgan fingerprint density at radius 2 is 1.77 bits per heavy atom. The number of hydrogen-bond acceptors (Lipinski definition) is 5. The molecule has 1 amide bonds. The van der Waals surface area contributed by atoms with Gasteiger partial charge in [-0.15, -0.1) is 0 Å². The van der Waals surface area contributed by atoms with Crippen molar-refractivity contribution in [2.24, 2.45) is 0 Å². The Kier molecular flexibility index (Phi) is 5.57. The van der Waals surface area contributed by atoms with E-state index in [0.29, 0.717) is 17.5 Å². The van der Waals surface area contributed by atoms with E-state index in [1.807, 2.05) is 74.5 Å². The second kappa shape index (κ2) is 8.61. The molecule has 6 nitrogen and oxygen atoms in total. The molecule has 0 aliphatic heterocycles. The Bertz CT molecular complexity index is 1170.